The van der Waals surface area contributed by atoms with Gasteiger partial charge in [-0.25, -0.2) is 4.79 Å². The van der Waals surface area contributed by atoms with Crippen LogP contribution in [0.25, 0.3) is 0 Å². The Morgan fingerprint density at radius 2 is 1.94 bits per heavy atom. The van der Waals surface area contributed by atoms with Crippen LogP contribution in [0.15, 0.2) is 0 Å². The van der Waals surface area contributed by atoms with E-state index in [1.165, 1.54) is 4.90 Å². The second-order valence-electron chi connectivity index (χ2n) is 3.77. The number of nitrogens with one attached hydrogen (secondary N) is 1. The third-order valence-electron chi connectivity index (χ3n) is 2.14. The SMILES string of the molecule is CCOC(=O)CN(CC)C(=O)NC(C)CC(=O)O. The third-order valence-corrected chi connectivity index (χ3v) is 2.14. The number of nitrogens with zero attached hydrogens (tertiary/aromatic N) is 1. The van der Waals surface area contributed by atoms with Gasteiger partial charge in [0, 0.05) is 12.6 Å². The van der Waals surface area contributed by atoms with Gasteiger partial charge < -0.3 is 20.1 Å². The van der Waals surface area contributed by atoms with E-state index in [-0.39, 0.29) is 19.6 Å². The molecule has 104 valence electrons. The van der Waals surface area contributed by atoms with Crippen LogP contribution in [0.1, 0.15) is 27.2 Å². The molecule has 1 atom stereocenters. The summed E-state index contributed by atoms with van der Waals surface area (Å²) in [5.74, 6) is -1.48. The minimum atomic E-state index is -0.990. The van der Waals surface area contributed by atoms with Gasteiger partial charge >= 0.3 is 18.0 Å². The van der Waals surface area contributed by atoms with E-state index < -0.39 is 24.0 Å². The Labute approximate surface area is 106 Å². The van der Waals surface area contributed by atoms with E-state index in [9.17, 15) is 14.4 Å². The minimum absolute atomic E-state index is 0.143. The Morgan fingerprint density at radius 3 is 2.39 bits per heavy atom. The van der Waals surface area contributed by atoms with Crippen LogP contribution in [-0.4, -0.2) is 53.7 Å². The first-order valence-corrected chi connectivity index (χ1v) is 5.83. The Balaban J connectivity index is 4.26. The molecule has 0 bridgehead atoms. The predicted molar refractivity (Wildman–Crippen MR) is 64.1 cm³/mol. The number of likely N-dealkylation sites (N-methyl/N-ethyl adjacent to an activating group) is 1. The number of carbonyl (C=O) groups is 3. The van der Waals surface area contributed by atoms with Crippen LogP contribution in [0.5, 0.6) is 0 Å². The lowest BCUT2D eigenvalue weighted by Gasteiger charge is -2.22. The fourth-order valence-electron chi connectivity index (χ4n) is 1.30. The van der Waals surface area contributed by atoms with Gasteiger partial charge in [-0.2, -0.15) is 0 Å². The molecule has 0 radical (unpaired) electrons. The molecule has 0 saturated heterocycles. The summed E-state index contributed by atoms with van der Waals surface area (Å²) in [5, 5.41) is 11.1. The Kier molecular flexibility index (Phi) is 7.50. The van der Waals surface area contributed by atoms with Crippen LogP contribution in [-0.2, 0) is 14.3 Å². The number of hydrogen-bond acceptors (Lipinski definition) is 4. The molecule has 0 aliphatic carbocycles. The number of rotatable bonds is 7. The zero-order chi connectivity index (χ0) is 14.1. The van der Waals surface area contributed by atoms with Crippen LogP contribution in [0, 0.1) is 0 Å². The molecule has 0 aromatic rings. The molecule has 2 amide bonds. The van der Waals surface area contributed by atoms with Gasteiger partial charge in [0.25, 0.3) is 0 Å². The van der Waals surface area contributed by atoms with E-state index in [0.717, 1.165) is 0 Å². The fraction of sp³-hybridized carbons (Fsp3) is 0.727. The third kappa shape index (κ3) is 6.72. The van der Waals surface area contributed by atoms with Crippen molar-refractivity contribution in [2.45, 2.75) is 33.2 Å². The zero-order valence-corrected chi connectivity index (χ0v) is 10.9. The highest BCUT2D eigenvalue weighted by molar-refractivity contribution is 5.81. The van der Waals surface area contributed by atoms with Gasteiger partial charge in [-0.1, -0.05) is 0 Å². The predicted octanol–water partition coefficient (Wildman–Crippen LogP) is 0.444. The maximum absolute atomic E-state index is 11.7. The van der Waals surface area contributed by atoms with Crippen LogP contribution >= 0.6 is 0 Å². The Hall–Kier alpha value is -1.79. The molecule has 0 fully saturated rings. The highest BCUT2D eigenvalue weighted by atomic mass is 16.5. The number of amides is 2. The minimum Gasteiger partial charge on any atom is -0.481 e. The monoisotopic (exact) mass is 260 g/mol. The van der Waals surface area contributed by atoms with Crippen molar-refractivity contribution in [3.05, 3.63) is 0 Å². The quantitative estimate of drug-likeness (QED) is 0.648. The normalized spacial score (nSPS) is 11.5. The van der Waals surface area contributed by atoms with Gasteiger partial charge in [0.2, 0.25) is 0 Å². The van der Waals surface area contributed by atoms with E-state index in [0.29, 0.717) is 6.54 Å². The molecule has 18 heavy (non-hydrogen) atoms. The molecule has 0 rings (SSSR count). The van der Waals surface area contributed by atoms with Gasteiger partial charge in [-0.05, 0) is 20.8 Å². The van der Waals surface area contributed by atoms with E-state index in [1.807, 2.05) is 0 Å². The summed E-state index contributed by atoms with van der Waals surface area (Å²) in [6.07, 6.45) is -0.164. The van der Waals surface area contributed by atoms with Gasteiger partial charge in [-0.15, -0.1) is 0 Å². The molecular weight excluding hydrogens is 240 g/mol. The highest BCUT2D eigenvalue weighted by Crippen LogP contribution is 1.96. The standard InChI is InChI=1S/C11H20N2O5/c1-4-13(7-10(16)18-5-2)11(17)12-8(3)6-9(14)15/h8H,4-7H2,1-3H3,(H,12,17)(H,14,15). The number of urea groups is 1. The largest absolute Gasteiger partial charge is 0.481 e. The summed E-state index contributed by atoms with van der Waals surface area (Å²) in [4.78, 5) is 34.7. The Morgan fingerprint density at radius 1 is 1.33 bits per heavy atom. The van der Waals surface area contributed by atoms with Crippen molar-refractivity contribution in [3.8, 4) is 0 Å². The highest BCUT2D eigenvalue weighted by Gasteiger charge is 2.18. The summed E-state index contributed by atoms with van der Waals surface area (Å²) in [6, 6.07) is -0.967. The van der Waals surface area contributed by atoms with Crippen molar-refractivity contribution >= 4 is 18.0 Å². The van der Waals surface area contributed by atoms with Crippen LogP contribution in [0.4, 0.5) is 4.79 Å². The zero-order valence-electron chi connectivity index (χ0n) is 10.9. The van der Waals surface area contributed by atoms with E-state index in [1.54, 1.807) is 20.8 Å². The summed E-state index contributed by atoms with van der Waals surface area (Å²) in [5.41, 5.74) is 0. The maximum Gasteiger partial charge on any atom is 0.325 e. The Bertz CT molecular complexity index is 306. The lowest BCUT2D eigenvalue weighted by Crippen LogP contribution is -2.46. The van der Waals surface area contributed by atoms with Crippen molar-refractivity contribution in [1.29, 1.82) is 0 Å². The van der Waals surface area contributed by atoms with Gasteiger partial charge in [-0.3, -0.25) is 9.59 Å². The first-order valence-electron chi connectivity index (χ1n) is 5.83. The smallest absolute Gasteiger partial charge is 0.325 e. The number of carboxylic acid groups (broad SMARTS) is 1. The lowest BCUT2D eigenvalue weighted by atomic mass is 10.2. The molecule has 0 spiro atoms. The molecule has 7 nitrogen and oxygen atoms in total. The molecular formula is C11H20N2O5. The summed E-state index contributed by atoms with van der Waals surface area (Å²) < 4.78 is 4.74. The van der Waals surface area contributed by atoms with Crippen molar-refractivity contribution in [2.24, 2.45) is 0 Å². The number of aliphatic carboxylic acids is 1. The molecule has 0 aliphatic heterocycles. The molecule has 0 heterocycles. The van der Waals surface area contributed by atoms with Crippen LogP contribution < -0.4 is 5.32 Å². The molecule has 0 aromatic carbocycles. The maximum atomic E-state index is 11.7. The summed E-state index contributed by atoms with van der Waals surface area (Å²) in [6.45, 7) is 5.45. The van der Waals surface area contributed by atoms with E-state index >= 15 is 0 Å². The average molecular weight is 260 g/mol. The first kappa shape index (κ1) is 16.2. The topological polar surface area (TPSA) is 95.9 Å². The number of carboxylic acids is 1. The number of ether oxygens (including phenoxy) is 1. The summed E-state index contributed by atoms with van der Waals surface area (Å²) in [7, 11) is 0. The fourth-order valence-corrected chi connectivity index (χ4v) is 1.30. The second-order valence-corrected chi connectivity index (χ2v) is 3.77. The van der Waals surface area contributed by atoms with Gasteiger partial charge in [0.15, 0.2) is 0 Å². The molecule has 0 aliphatic rings. The van der Waals surface area contributed by atoms with E-state index in [4.69, 9.17) is 9.84 Å². The van der Waals surface area contributed by atoms with Crippen LogP contribution in [0.2, 0.25) is 0 Å². The molecule has 1 unspecified atom stereocenters. The summed E-state index contributed by atoms with van der Waals surface area (Å²) >= 11 is 0. The number of esters is 1. The molecule has 2 N–H and O–H groups in total. The van der Waals surface area contributed by atoms with E-state index in [2.05, 4.69) is 5.32 Å². The number of hydrogen-bond donors (Lipinski definition) is 2. The van der Waals surface area contributed by atoms with Gasteiger partial charge in [0.05, 0.1) is 13.0 Å². The average Bonchev–Trinajstić information content (AvgIpc) is 2.24. The van der Waals surface area contributed by atoms with Crippen molar-refractivity contribution in [2.75, 3.05) is 19.7 Å². The molecule has 0 saturated carbocycles. The first-order chi connectivity index (χ1) is 8.40. The van der Waals surface area contributed by atoms with Crippen molar-refractivity contribution in [1.82, 2.24) is 10.2 Å². The van der Waals surface area contributed by atoms with Gasteiger partial charge in [0.1, 0.15) is 6.54 Å². The van der Waals surface area contributed by atoms with Crippen LogP contribution in [0.3, 0.4) is 0 Å². The second kappa shape index (κ2) is 8.32. The lowest BCUT2D eigenvalue weighted by molar-refractivity contribution is -0.144. The molecule has 0 aromatic heterocycles. The van der Waals surface area contributed by atoms with Crippen molar-refractivity contribution in [3.63, 3.8) is 0 Å². The number of carbonyl (C=O) groups excluding carboxylic acids is 2. The van der Waals surface area contributed by atoms with Crippen molar-refractivity contribution < 1.29 is 24.2 Å². The molecule has 7 heteroatoms.